The summed E-state index contributed by atoms with van der Waals surface area (Å²) in [5.41, 5.74) is 0. The number of hydrogen-bond donors (Lipinski definition) is 0. The molecule has 3 heteroatoms. The van der Waals surface area contributed by atoms with Crippen LogP contribution in [0.25, 0.3) is 0 Å². The van der Waals surface area contributed by atoms with E-state index in [4.69, 9.17) is 4.74 Å². The van der Waals surface area contributed by atoms with Crippen molar-refractivity contribution < 1.29 is 14.3 Å². The molecule has 7 heavy (non-hydrogen) atoms. The minimum Gasteiger partial charge on any atom is -0.460 e. The van der Waals surface area contributed by atoms with Crippen LogP contribution in [0.1, 0.15) is 0 Å². The Morgan fingerprint density at radius 2 is 2.43 bits per heavy atom. The molecule has 40 valence electrons. The van der Waals surface area contributed by atoms with E-state index < -0.39 is 0 Å². The molecule has 1 rings (SSSR count). The summed E-state index contributed by atoms with van der Waals surface area (Å²) in [5.74, 6) is 0. The molecule has 1 fully saturated rings. The van der Waals surface area contributed by atoms with Crippen LogP contribution in [0.3, 0.4) is 0 Å². The second-order valence-corrected chi connectivity index (χ2v) is 1.39. The predicted molar refractivity (Wildman–Crippen MR) is 21.8 cm³/mol. The van der Waals surface area contributed by atoms with Gasteiger partial charge in [0.05, 0.1) is 13.2 Å². The van der Waals surface area contributed by atoms with Crippen molar-refractivity contribution >= 4 is 6.47 Å². The third kappa shape index (κ3) is 0.899. The first-order valence-corrected chi connectivity index (χ1v) is 2.10. The highest BCUT2D eigenvalue weighted by atomic mass is 16.6. The molecule has 0 atom stereocenters. The van der Waals surface area contributed by atoms with E-state index in [9.17, 15) is 4.79 Å². The molecule has 0 aliphatic carbocycles. The summed E-state index contributed by atoms with van der Waals surface area (Å²) in [6, 6.07) is 0. The van der Waals surface area contributed by atoms with Gasteiger partial charge in [-0.1, -0.05) is 0 Å². The summed E-state index contributed by atoms with van der Waals surface area (Å²) in [4.78, 5) is 9.53. The largest absolute Gasteiger partial charge is 0.460 e. The van der Waals surface area contributed by atoms with Crippen molar-refractivity contribution in [2.24, 2.45) is 0 Å². The van der Waals surface area contributed by atoms with Crippen LogP contribution in [0, 0.1) is 0 Å². The van der Waals surface area contributed by atoms with Gasteiger partial charge < -0.3 is 9.47 Å². The van der Waals surface area contributed by atoms with Crippen LogP contribution in [0.4, 0.5) is 0 Å². The van der Waals surface area contributed by atoms with Gasteiger partial charge >= 0.3 is 0 Å². The molecule has 0 bridgehead atoms. The normalized spacial score (nSPS) is 20.6. The average Bonchev–Trinajstić information content (AvgIpc) is 1.55. The van der Waals surface area contributed by atoms with Gasteiger partial charge in [0.1, 0.15) is 6.10 Å². The van der Waals surface area contributed by atoms with E-state index in [0.29, 0.717) is 19.7 Å². The molecule has 1 saturated heterocycles. The Kier molecular flexibility index (Phi) is 1.26. The van der Waals surface area contributed by atoms with E-state index in [1.54, 1.807) is 0 Å². The Labute approximate surface area is 41.2 Å². The first-order valence-electron chi connectivity index (χ1n) is 2.10. The first-order chi connectivity index (χ1) is 3.43. The molecule has 0 radical (unpaired) electrons. The van der Waals surface area contributed by atoms with E-state index in [0.717, 1.165) is 0 Å². The Morgan fingerprint density at radius 3 is 2.57 bits per heavy atom. The molecule has 0 spiro atoms. The topological polar surface area (TPSA) is 35.5 Å². The van der Waals surface area contributed by atoms with Gasteiger partial charge in [-0.2, -0.15) is 0 Å². The summed E-state index contributed by atoms with van der Waals surface area (Å²) < 4.78 is 9.18. The van der Waals surface area contributed by atoms with Crippen LogP contribution in [0.2, 0.25) is 0 Å². The highest BCUT2D eigenvalue weighted by molar-refractivity contribution is 5.37. The lowest BCUT2D eigenvalue weighted by Crippen LogP contribution is -2.35. The summed E-state index contributed by atoms with van der Waals surface area (Å²) in [5, 5.41) is 0. The van der Waals surface area contributed by atoms with Crippen molar-refractivity contribution in [3.05, 3.63) is 0 Å². The molecule has 0 saturated carbocycles. The fourth-order valence-electron chi connectivity index (χ4n) is 0.371. The molecule has 0 aromatic rings. The monoisotopic (exact) mass is 102 g/mol. The van der Waals surface area contributed by atoms with E-state index in [1.807, 2.05) is 0 Å². The first kappa shape index (κ1) is 4.59. The third-order valence-corrected chi connectivity index (χ3v) is 0.855. The van der Waals surface area contributed by atoms with Crippen molar-refractivity contribution in [3.63, 3.8) is 0 Å². The van der Waals surface area contributed by atoms with Crippen LogP contribution in [0.15, 0.2) is 0 Å². The highest BCUT2D eigenvalue weighted by Gasteiger charge is 2.18. The molecule has 1 heterocycles. The van der Waals surface area contributed by atoms with Crippen molar-refractivity contribution in [1.82, 2.24) is 0 Å². The maximum absolute atomic E-state index is 9.53. The fraction of sp³-hybridized carbons (Fsp3) is 0.750. The molecular weight excluding hydrogens is 96.0 g/mol. The Morgan fingerprint density at radius 1 is 1.71 bits per heavy atom. The Balaban J connectivity index is 2.03. The number of carbonyl (C=O) groups excluding carboxylic acids is 1. The zero-order valence-corrected chi connectivity index (χ0v) is 3.79. The smallest absolute Gasteiger partial charge is 0.293 e. The van der Waals surface area contributed by atoms with E-state index in [1.165, 1.54) is 0 Å². The summed E-state index contributed by atoms with van der Waals surface area (Å²) in [6.07, 6.45) is 0.0394. The highest BCUT2D eigenvalue weighted by Crippen LogP contribution is 2.02. The van der Waals surface area contributed by atoms with Crippen molar-refractivity contribution in [3.8, 4) is 0 Å². The van der Waals surface area contributed by atoms with Crippen LogP contribution in [-0.2, 0) is 14.3 Å². The Hall–Kier alpha value is -0.570. The zero-order chi connectivity index (χ0) is 5.11. The molecular formula is C4H6O3. The van der Waals surface area contributed by atoms with E-state index in [-0.39, 0.29) is 6.10 Å². The van der Waals surface area contributed by atoms with Crippen LogP contribution >= 0.6 is 0 Å². The van der Waals surface area contributed by atoms with Gasteiger partial charge in [0.15, 0.2) is 0 Å². The summed E-state index contributed by atoms with van der Waals surface area (Å²) in [7, 11) is 0. The van der Waals surface area contributed by atoms with Gasteiger partial charge in [-0.05, 0) is 0 Å². The second kappa shape index (κ2) is 1.93. The van der Waals surface area contributed by atoms with Gasteiger partial charge in [0.2, 0.25) is 0 Å². The standard InChI is InChI=1S/C4H6O3/c5-3-7-4-1-6-2-4/h3-4H,1-2H2. The van der Waals surface area contributed by atoms with Gasteiger partial charge in [-0.25, -0.2) is 0 Å². The van der Waals surface area contributed by atoms with Gasteiger partial charge in [-0.3, -0.25) is 4.79 Å². The molecule has 1 aliphatic heterocycles. The minimum atomic E-state index is 0.0394. The Bertz CT molecular complexity index is 67.3. The molecule has 3 nitrogen and oxygen atoms in total. The van der Waals surface area contributed by atoms with Gasteiger partial charge in [0.25, 0.3) is 6.47 Å². The number of ether oxygens (including phenoxy) is 2. The fourth-order valence-corrected chi connectivity index (χ4v) is 0.371. The number of carbonyl (C=O) groups is 1. The minimum absolute atomic E-state index is 0.0394. The molecule has 0 unspecified atom stereocenters. The lowest BCUT2D eigenvalue weighted by atomic mass is 10.3. The quantitative estimate of drug-likeness (QED) is 0.443. The van der Waals surface area contributed by atoms with E-state index >= 15 is 0 Å². The SMILES string of the molecule is O=COC1COC1. The number of rotatable bonds is 2. The molecule has 0 aromatic carbocycles. The molecule has 0 N–H and O–H groups in total. The molecule has 0 amide bonds. The lowest BCUT2D eigenvalue weighted by molar-refractivity contribution is -0.157. The summed E-state index contributed by atoms with van der Waals surface area (Å²) >= 11 is 0. The van der Waals surface area contributed by atoms with Crippen LogP contribution < -0.4 is 0 Å². The third-order valence-electron chi connectivity index (χ3n) is 0.855. The molecule has 0 aromatic heterocycles. The predicted octanol–water partition coefficient (Wildman–Crippen LogP) is -0.442. The van der Waals surface area contributed by atoms with Crippen molar-refractivity contribution in [2.45, 2.75) is 6.10 Å². The lowest BCUT2D eigenvalue weighted by Gasteiger charge is -2.23. The van der Waals surface area contributed by atoms with Crippen LogP contribution in [0.5, 0.6) is 0 Å². The maximum Gasteiger partial charge on any atom is 0.293 e. The van der Waals surface area contributed by atoms with Crippen molar-refractivity contribution in [1.29, 1.82) is 0 Å². The van der Waals surface area contributed by atoms with Crippen LogP contribution in [-0.4, -0.2) is 25.8 Å². The zero-order valence-electron chi connectivity index (χ0n) is 3.79. The number of hydrogen-bond acceptors (Lipinski definition) is 3. The van der Waals surface area contributed by atoms with Crippen molar-refractivity contribution in [2.75, 3.05) is 13.2 Å². The second-order valence-electron chi connectivity index (χ2n) is 1.39. The van der Waals surface area contributed by atoms with E-state index in [2.05, 4.69) is 4.74 Å². The molecule has 1 aliphatic rings. The average molecular weight is 102 g/mol. The maximum atomic E-state index is 9.53. The summed E-state index contributed by atoms with van der Waals surface area (Å²) in [6.45, 7) is 1.59. The van der Waals surface area contributed by atoms with Gasteiger partial charge in [0, 0.05) is 0 Å². The van der Waals surface area contributed by atoms with Gasteiger partial charge in [-0.15, -0.1) is 0 Å².